The maximum Gasteiger partial charge on any atom is 0.0622 e. The molecule has 3 nitrogen and oxygen atoms in total. The third-order valence-corrected chi connectivity index (χ3v) is 2.34. The maximum absolute atomic E-state index is 5.10. The lowest BCUT2D eigenvalue weighted by Crippen LogP contribution is -2.31. The Bertz CT molecular complexity index is 257. The van der Waals surface area contributed by atoms with Gasteiger partial charge in [0.2, 0.25) is 0 Å². The number of nitrogens with zero attached hydrogens (tertiary/aromatic N) is 2. The summed E-state index contributed by atoms with van der Waals surface area (Å²) in [4.78, 5) is 0. The summed E-state index contributed by atoms with van der Waals surface area (Å²) in [5.74, 6) is 0.684. The zero-order valence-corrected chi connectivity index (χ0v) is 7.58. The van der Waals surface area contributed by atoms with Crippen molar-refractivity contribution < 1.29 is 4.74 Å². The van der Waals surface area contributed by atoms with Gasteiger partial charge in [0.05, 0.1) is 18.9 Å². The summed E-state index contributed by atoms with van der Waals surface area (Å²) in [7, 11) is 0. The predicted octanol–water partition coefficient (Wildman–Crippen LogP) is 1.15. The van der Waals surface area contributed by atoms with Gasteiger partial charge in [-0.05, 0) is 19.4 Å². The number of hydrogen-bond donors (Lipinski definition) is 0. The third-order valence-electron chi connectivity index (χ3n) is 2.34. The van der Waals surface area contributed by atoms with Crippen LogP contribution in [0.1, 0.15) is 11.3 Å². The molecule has 1 aromatic heterocycles. The van der Waals surface area contributed by atoms with Gasteiger partial charge in [-0.2, -0.15) is 5.10 Å². The average Bonchev–Trinajstić information content (AvgIpc) is 2.24. The Labute approximate surface area is 72.3 Å². The summed E-state index contributed by atoms with van der Waals surface area (Å²) in [6, 6.07) is 0. The first-order valence-corrected chi connectivity index (χ1v) is 4.34. The quantitative estimate of drug-likeness (QED) is 0.659. The van der Waals surface area contributed by atoms with Gasteiger partial charge in [0, 0.05) is 18.7 Å². The normalized spacial score (nSPS) is 17.8. The second-order valence-corrected chi connectivity index (χ2v) is 3.52. The molecule has 0 N–H and O–H groups in total. The van der Waals surface area contributed by atoms with E-state index in [4.69, 9.17) is 4.74 Å². The van der Waals surface area contributed by atoms with Gasteiger partial charge < -0.3 is 4.74 Å². The molecule has 0 saturated carbocycles. The van der Waals surface area contributed by atoms with Crippen molar-refractivity contribution in [3.63, 3.8) is 0 Å². The molecule has 1 fully saturated rings. The Hall–Kier alpha value is -0.830. The van der Waals surface area contributed by atoms with Crippen LogP contribution < -0.4 is 0 Å². The van der Waals surface area contributed by atoms with Gasteiger partial charge in [-0.1, -0.05) is 0 Å². The Kier molecular flexibility index (Phi) is 1.89. The van der Waals surface area contributed by atoms with Crippen LogP contribution in [0.2, 0.25) is 0 Å². The number of ether oxygens (including phenoxy) is 1. The number of hydrogen-bond acceptors (Lipinski definition) is 2. The lowest BCUT2D eigenvalue weighted by Gasteiger charge is -2.25. The smallest absolute Gasteiger partial charge is 0.0622 e. The van der Waals surface area contributed by atoms with Crippen LogP contribution in [0.4, 0.5) is 0 Å². The van der Waals surface area contributed by atoms with E-state index >= 15 is 0 Å². The van der Waals surface area contributed by atoms with Gasteiger partial charge in [0.1, 0.15) is 0 Å². The third kappa shape index (κ3) is 1.37. The molecule has 3 heteroatoms. The average molecular weight is 166 g/mol. The van der Waals surface area contributed by atoms with E-state index in [1.54, 1.807) is 0 Å². The first-order chi connectivity index (χ1) is 5.75. The number of aryl methyl sites for hydroxylation is 2. The van der Waals surface area contributed by atoms with E-state index in [1.807, 2.05) is 11.6 Å². The highest BCUT2D eigenvalue weighted by atomic mass is 16.5. The molecule has 1 aliphatic rings. The fourth-order valence-corrected chi connectivity index (χ4v) is 1.37. The lowest BCUT2D eigenvalue weighted by atomic mass is 10.1. The van der Waals surface area contributed by atoms with Crippen LogP contribution in [0.15, 0.2) is 6.20 Å². The van der Waals surface area contributed by atoms with E-state index in [0.29, 0.717) is 5.92 Å². The molecule has 1 saturated heterocycles. The number of aromatic nitrogens is 2. The molecule has 0 radical (unpaired) electrons. The van der Waals surface area contributed by atoms with Gasteiger partial charge in [-0.25, -0.2) is 0 Å². The monoisotopic (exact) mass is 166 g/mol. The van der Waals surface area contributed by atoms with Crippen molar-refractivity contribution in [1.82, 2.24) is 9.78 Å². The SMILES string of the molecule is Cc1cn(CC2COC2)nc1C. The van der Waals surface area contributed by atoms with Crippen LogP contribution in [0.25, 0.3) is 0 Å². The maximum atomic E-state index is 5.10. The Morgan fingerprint density at radius 3 is 2.75 bits per heavy atom. The molecule has 0 spiro atoms. The second-order valence-electron chi connectivity index (χ2n) is 3.52. The van der Waals surface area contributed by atoms with Crippen LogP contribution in [-0.4, -0.2) is 23.0 Å². The highest BCUT2D eigenvalue weighted by molar-refractivity contribution is 5.12. The summed E-state index contributed by atoms with van der Waals surface area (Å²) in [6.07, 6.45) is 2.10. The Morgan fingerprint density at radius 2 is 2.33 bits per heavy atom. The molecule has 0 amide bonds. The van der Waals surface area contributed by atoms with Crippen LogP contribution in [0.3, 0.4) is 0 Å². The second kappa shape index (κ2) is 2.90. The van der Waals surface area contributed by atoms with Crippen LogP contribution in [-0.2, 0) is 11.3 Å². The first kappa shape index (κ1) is 7.80. The largest absolute Gasteiger partial charge is 0.381 e. The molecule has 0 aliphatic carbocycles. The highest BCUT2D eigenvalue weighted by Crippen LogP contribution is 2.13. The molecule has 0 unspecified atom stereocenters. The Balaban J connectivity index is 2.02. The molecular weight excluding hydrogens is 152 g/mol. The minimum absolute atomic E-state index is 0.684. The first-order valence-electron chi connectivity index (χ1n) is 4.34. The fourth-order valence-electron chi connectivity index (χ4n) is 1.37. The van der Waals surface area contributed by atoms with Gasteiger partial charge in [-0.15, -0.1) is 0 Å². The Morgan fingerprint density at radius 1 is 1.58 bits per heavy atom. The molecule has 0 bridgehead atoms. The van der Waals surface area contributed by atoms with Gasteiger partial charge in [0.15, 0.2) is 0 Å². The molecule has 2 heterocycles. The van der Waals surface area contributed by atoms with Crippen molar-refractivity contribution in [2.45, 2.75) is 20.4 Å². The molecular formula is C9H14N2O. The van der Waals surface area contributed by atoms with E-state index in [0.717, 1.165) is 25.5 Å². The molecule has 12 heavy (non-hydrogen) atoms. The van der Waals surface area contributed by atoms with Gasteiger partial charge >= 0.3 is 0 Å². The minimum Gasteiger partial charge on any atom is -0.381 e. The van der Waals surface area contributed by atoms with E-state index in [9.17, 15) is 0 Å². The van der Waals surface area contributed by atoms with Crippen molar-refractivity contribution >= 4 is 0 Å². The summed E-state index contributed by atoms with van der Waals surface area (Å²) in [5, 5.41) is 4.39. The lowest BCUT2D eigenvalue weighted by molar-refractivity contribution is -0.0408. The zero-order valence-electron chi connectivity index (χ0n) is 7.58. The highest BCUT2D eigenvalue weighted by Gasteiger charge is 2.19. The standard InChI is InChI=1S/C9H14N2O/c1-7-3-11(10-8(7)2)4-9-5-12-6-9/h3,9H,4-6H2,1-2H3. The molecule has 1 aromatic rings. The summed E-state index contributed by atoms with van der Waals surface area (Å²) >= 11 is 0. The topological polar surface area (TPSA) is 27.1 Å². The molecule has 2 rings (SSSR count). The van der Waals surface area contributed by atoms with Crippen molar-refractivity contribution in [3.05, 3.63) is 17.5 Å². The molecule has 0 atom stereocenters. The minimum atomic E-state index is 0.684. The fraction of sp³-hybridized carbons (Fsp3) is 0.667. The summed E-state index contributed by atoms with van der Waals surface area (Å²) in [5.41, 5.74) is 2.41. The van der Waals surface area contributed by atoms with Gasteiger partial charge in [-0.3, -0.25) is 4.68 Å². The zero-order chi connectivity index (χ0) is 8.55. The molecule has 1 aliphatic heterocycles. The number of rotatable bonds is 2. The van der Waals surface area contributed by atoms with Crippen LogP contribution >= 0.6 is 0 Å². The van der Waals surface area contributed by atoms with E-state index < -0.39 is 0 Å². The summed E-state index contributed by atoms with van der Waals surface area (Å²) < 4.78 is 7.13. The van der Waals surface area contributed by atoms with Crippen LogP contribution in [0, 0.1) is 19.8 Å². The van der Waals surface area contributed by atoms with Crippen molar-refractivity contribution in [3.8, 4) is 0 Å². The van der Waals surface area contributed by atoms with E-state index in [-0.39, 0.29) is 0 Å². The van der Waals surface area contributed by atoms with Crippen molar-refractivity contribution in [2.24, 2.45) is 5.92 Å². The van der Waals surface area contributed by atoms with E-state index in [1.165, 1.54) is 5.56 Å². The predicted molar refractivity (Wildman–Crippen MR) is 46.0 cm³/mol. The van der Waals surface area contributed by atoms with Gasteiger partial charge in [0.25, 0.3) is 0 Å². The van der Waals surface area contributed by atoms with Crippen molar-refractivity contribution in [1.29, 1.82) is 0 Å². The van der Waals surface area contributed by atoms with Crippen molar-refractivity contribution in [2.75, 3.05) is 13.2 Å². The van der Waals surface area contributed by atoms with Crippen LogP contribution in [0.5, 0.6) is 0 Å². The molecule has 0 aromatic carbocycles. The summed E-state index contributed by atoms with van der Waals surface area (Å²) in [6.45, 7) is 6.95. The molecule has 66 valence electrons. The van der Waals surface area contributed by atoms with E-state index in [2.05, 4.69) is 18.2 Å².